The number of anilines is 2. The van der Waals surface area contributed by atoms with E-state index < -0.39 is 17.2 Å². The maximum atomic E-state index is 13.1. The number of aryl methyl sites for hydroxylation is 1. The molecule has 2 N–H and O–H groups in total. The van der Waals surface area contributed by atoms with Crippen molar-refractivity contribution in [1.82, 2.24) is 20.2 Å². The van der Waals surface area contributed by atoms with Crippen molar-refractivity contribution >= 4 is 11.6 Å². The molecule has 2 aromatic carbocycles. The van der Waals surface area contributed by atoms with Gasteiger partial charge in [0.05, 0.1) is 11.3 Å². The molecule has 4 aromatic rings. The lowest BCUT2D eigenvalue weighted by molar-refractivity contribution is -0.0553. The van der Waals surface area contributed by atoms with Gasteiger partial charge in [-0.3, -0.25) is 19.9 Å². The van der Waals surface area contributed by atoms with Gasteiger partial charge in [-0.05, 0) is 24.6 Å². The molecule has 0 amide bonds. The van der Waals surface area contributed by atoms with Crippen LogP contribution in [0.15, 0.2) is 54.6 Å². The standard InChI is InChI=1S/C20H14F3N5O3/c1-11-9-16(25-17-10-14(27-28-17)12-5-3-2-4-6-12)26-20(24-11)13-7-8-15(29-21)19(31-23)18(13)30-22/h2-10H,1H3,(H2,24,25,26,27,28). The molecule has 31 heavy (non-hydrogen) atoms. The zero-order chi connectivity index (χ0) is 21.8. The van der Waals surface area contributed by atoms with Crippen LogP contribution in [0, 0.1) is 6.92 Å². The van der Waals surface area contributed by atoms with Crippen LogP contribution in [-0.4, -0.2) is 20.2 Å². The highest BCUT2D eigenvalue weighted by Gasteiger charge is 2.24. The predicted octanol–water partition coefficient (Wildman–Crippen LogP) is 5.38. The maximum absolute atomic E-state index is 13.1. The van der Waals surface area contributed by atoms with Crippen LogP contribution in [-0.2, 0) is 0 Å². The van der Waals surface area contributed by atoms with E-state index in [1.54, 1.807) is 19.1 Å². The monoisotopic (exact) mass is 429 g/mol. The molecular formula is C20H14F3N5O3. The Bertz CT molecular complexity index is 1200. The molecule has 0 bridgehead atoms. The highest BCUT2D eigenvalue weighted by atomic mass is 19.3. The Morgan fingerprint density at radius 3 is 2.32 bits per heavy atom. The van der Waals surface area contributed by atoms with Crippen molar-refractivity contribution < 1.29 is 28.4 Å². The van der Waals surface area contributed by atoms with Gasteiger partial charge in [-0.25, -0.2) is 9.97 Å². The first kappa shape index (κ1) is 20.0. The Balaban J connectivity index is 1.68. The van der Waals surface area contributed by atoms with Gasteiger partial charge in [0.25, 0.3) is 5.75 Å². The van der Waals surface area contributed by atoms with Crippen LogP contribution in [0.4, 0.5) is 25.2 Å². The van der Waals surface area contributed by atoms with Gasteiger partial charge >= 0.3 is 0 Å². The van der Waals surface area contributed by atoms with Gasteiger partial charge in [-0.15, -0.1) is 0 Å². The van der Waals surface area contributed by atoms with Crippen molar-refractivity contribution in [2.45, 2.75) is 6.92 Å². The van der Waals surface area contributed by atoms with Gasteiger partial charge in [-0.1, -0.05) is 30.3 Å². The van der Waals surface area contributed by atoms with Crippen molar-refractivity contribution in [3.05, 3.63) is 60.3 Å². The Labute approximate surface area is 173 Å². The van der Waals surface area contributed by atoms with Crippen LogP contribution >= 0.6 is 0 Å². The predicted molar refractivity (Wildman–Crippen MR) is 105 cm³/mol. The quantitative estimate of drug-likeness (QED) is 0.408. The molecule has 11 heteroatoms. The third kappa shape index (κ3) is 4.06. The number of rotatable bonds is 7. The molecule has 8 nitrogen and oxygen atoms in total. The summed E-state index contributed by atoms with van der Waals surface area (Å²) < 4.78 is 38.5. The van der Waals surface area contributed by atoms with E-state index in [1.165, 1.54) is 6.07 Å². The van der Waals surface area contributed by atoms with E-state index in [4.69, 9.17) is 0 Å². The van der Waals surface area contributed by atoms with Crippen LogP contribution in [0.2, 0.25) is 0 Å². The zero-order valence-corrected chi connectivity index (χ0v) is 15.9. The van der Waals surface area contributed by atoms with Gasteiger partial charge in [-0.2, -0.15) is 5.10 Å². The van der Waals surface area contributed by atoms with Crippen molar-refractivity contribution in [2.24, 2.45) is 0 Å². The van der Waals surface area contributed by atoms with Crippen molar-refractivity contribution in [3.63, 3.8) is 0 Å². The topological polar surface area (TPSA) is 94.2 Å². The van der Waals surface area contributed by atoms with E-state index in [-0.39, 0.29) is 11.4 Å². The van der Waals surface area contributed by atoms with Crippen molar-refractivity contribution in [3.8, 4) is 39.9 Å². The van der Waals surface area contributed by atoms with Crippen molar-refractivity contribution in [2.75, 3.05) is 5.32 Å². The molecule has 0 aliphatic carbocycles. The molecule has 2 heterocycles. The SMILES string of the molecule is Cc1cc(Nc2cc(-c3ccccc3)[nH]n2)nc(-c2ccc(OF)c(OF)c2OF)n1. The second-order valence-corrected chi connectivity index (χ2v) is 6.38. The molecule has 0 radical (unpaired) electrons. The van der Waals surface area contributed by atoms with Crippen LogP contribution in [0.25, 0.3) is 22.6 Å². The third-order valence-electron chi connectivity index (χ3n) is 4.33. The van der Waals surface area contributed by atoms with Gasteiger partial charge in [0, 0.05) is 31.4 Å². The summed E-state index contributed by atoms with van der Waals surface area (Å²) in [6.45, 7) is 1.68. The number of aromatic nitrogens is 4. The first-order valence-electron chi connectivity index (χ1n) is 8.89. The van der Waals surface area contributed by atoms with Crippen LogP contribution < -0.4 is 20.1 Å². The van der Waals surface area contributed by atoms with E-state index in [2.05, 4.69) is 40.3 Å². The van der Waals surface area contributed by atoms with Gasteiger partial charge in [0.1, 0.15) is 5.82 Å². The highest BCUT2D eigenvalue weighted by Crippen LogP contribution is 2.44. The molecule has 0 fully saturated rings. The average molecular weight is 429 g/mol. The molecule has 0 saturated carbocycles. The molecule has 0 atom stereocenters. The number of aromatic amines is 1. The molecular weight excluding hydrogens is 415 g/mol. The summed E-state index contributed by atoms with van der Waals surface area (Å²) in [7, 11) is 0. The maximum Gasteiger partial charge on any atom is 0.265 e. The number of hydrogen-bond donors (Lipinski definition) is 2. The lowest BCUT2D eigenvalue weighted by Crippen LogP contribution is -2.01. The van der Waals surface area contributed by atoms with Crippen LogP contribution in [0.3, 0.4) is 0 Å². The minimum atomic E-state index is -0.929. The zero-order valence-electron chi connectivity index (χ0n) is 15.9. The lowest BCUT2D eigenvalue weighted by atomic mass is 10.1. The normalized spacial score (nSPS) is 10.6. The summed E-state index contributed by atoms with van der Waals surface area (Å²) >= 11 is 0. The summed E-state index contributed by atoms with van der Waals surface area (Å²) in [5.41, 5.74) is 2.15. The molecule has 0 spiro atoms. The highest BCUT2D eigenvalue weighted by molar-refractivity contribution is 5.73. The summed E-state index contributed by atoms with van der Waals surface area (Å²) in [5, 5.41) is 10.1. The summed E-state index contributed by atoms with van der Waals surface area (Å²) in [6.07, 6.45) is 0. The molecule has 0 aliphatic rings. The minimum absolute atomic E-state index is 0.0299. The molecule has 0 unspecified atom stereocenters. The molecule has 4 rings (SSSR count). The number of halogens is 3. The Morgan fingerprint density at radius 1 is 0.839 bits per heavy atom. The average Bonchev–Trinajstić information content (AvgIpc) is 3.26. The summed E-state index contributed by atoms with van der Waals surface area (Å²) in [5.74, 6) is -1.65. The fourth-order valence-corrected chi connectivity index (χ4v) is 2.97. The Kier molecular flexibility index (Phi) is 5.56. The number of H-pyrrole nitrogens is 1. The van der Waals surface area contributed by atoms with E-state index in [0.29, 0.717) is 17.3 Å². The molecule has 0 aliphatic heterocycles. The van der Waals surface area contributed by atoms with Gasteiger partial charge < -0.3 is 5.32 Å². The van der Waals surface area contributed by atoms with Crippen LogP contribution in [0.1, 0.15) is 5.69 Å². The summed E-state index contributed by atoms with van der Waals surface area (Å²) in [4.78, 5) is 19.1. The van der Waals surface area contributed by atoms with Gasteiger partial charge in [0.2, 0.25) is 11.5 Å². The van der Waals surface area contributed by atoms with Crippen LogP contribution in [0.5, 0.6) is 17.2 Å². The van der Waals surface area contributed by atoms with E-state index in [0.717, 1.165) is 17.3 Å². The third-order valence-corrected chi connectivity index (χ3v) is 4.33. The summed E-state index contributed by atoms with van der Waals surface area (Å²) in [6, 6.07) is 15.2. The number of nitrogens with zero attached hydrogens (tertiary/aromatic N) is 3. The van der Waals surface area contributed by atoms with Gasteiger partial charge in [0.15, 0.2) is 11.6 Å². The Morgan fingerprint density at radius 2 is 1.61 bits per heavy atom. The van der Waals surface area contributed by atoms with E-state index >= 15 is 0 Å². The molecule has 2 aromatic heterocycles. The first-order valence-corrected chi connectivity index (χ1v) is 8.89. The lowest BCUT2D eigenvalue weighted by Gasteiger charge is -2.10. The minimum Gasteiger partial charge on any atom is -0.323 e. The number of benzene rings is 2. The second-order valence-electron chi connectivity index (χ2n) is 6.38. The van der Waals surface area contributed by atoms with E-state index in [1.807, 2.05) is 30.3 Å². The van der Waals surface area contributed by atoms with E-state index in [9.17, 15) is 13.6 Å². The Hall–Kier alpha value is -4.28. The van der Waals surface area contributed by atoms with Crippen molar-refractivity contribution in [1.29, 1.82) is 0 Å². The molecule has 0 saturated heterocycles. The fourth-order valence-electron chi connectivity index (χ4n) is 2.97. The smallest absolute Gasteiger partial charge is 0.265 e. The first-order chi connectivity index (χ1) is 15.1. The second kappa shape index (κ2) is 8.61. The number of nitrogens with one attached hydrogen (secondary N) is 2. The number of hydrogen-bond acceptors (Lipinski definition) is 7. The largest absolute Gasteiger partial charge is 0.323 e. The molecule has 158 valence electrons. The fraction of sp³-hybridized carbons (Fsp3) is 0.0500.